The van der Waals surface area contributed by atoms with Crippen molar-refractivity contribution in [1.29, 1.82) is 0 Å². The Hall–Kier alpha value is -4.52. The van der Waals surface area contributed by atoms with E-state index < -0.39 is 47.4 Å². The van der Waals surface area contributed by atoms with Crippen LogP contribution in [-0.2, 0) is 25.5 Å². The third-order valence-corrected chi connectivity index (χ3v) is 6.23. The van der Waals surface area contributed by atoms with Crippen LogP contribution < -0.4 is 20.7 Å². The zero-order valence-electron chi connectivity index (χ0n) is 23.1. The fourth-order valence-corrected chi connectivity index (χ4v) is 4.31. The first-order chi connectivity index (χ1) is 19.4. The van der Waals surface area contributed by atoms with E-state index in [0.717, 1.165) is 23.0 Å². The molecule has 0 saturated heterocycles. The molecule has 0 spiro atoms. The van der Waals surface area contributed by atoms with Gasteiger partial charge in [0, 0.05) is 11.8 Å². The van der Waals surface area contributed by atoms with Gasteiger partial charge in [-0.05, 0) is 44.0 Å². The lowest BCUT2D eigenvalue weighted by molar-refractivity contribution is -0.128. The zero-order chi connectivity index (χ0) is 30.2. The van der Waals surface area contributed by atoms with Gasteiger partial charge in [0.25, 0.3) is 0 Å². The van der Waals surface area contributed by atoms with Gasteiger partial charge in [-0.25, -0.2) is 19.0 Å². The Kier molecular flexibility index (Phi) is 10.4. The lowest BCUT2D eigenvalue weighted by atomic mass is 10.0. The molecule has 2 aromatic carbocycles. The molecule has 41 heavy (non-hydrogen) atoms. The van der Waals surface area contributed by atoms with Crippen molar-refractivity contribution in [1.82, 2.24) is 15.6 Å². The Balaban J connectivity index is 1.90. The molecule has 2 atom stereocenters. The van der Waals surface area contributed by atoms with Gasteiger partial charge in [0.1, 0.15) is 17.7 Å². The molecule has 1 heterocycles. The van der Waals surface area contributed by atoms with E-state index in [1.54, 1.807) is 51.1 Å². The second-order valence-electron chi connectivity index (χ2n) is 9.74. The normalized spacial score (nSPS) is 12.4. The fraction of sp³-hybridized carbons (Fsp3) is 0.321. The van der Waals surface area contributed by atoms with Gasteiger partial charge in [-0.1, -0.05) is 36.4 Å². The van der Waals surface area contributed by atoms with Gasteiger partial charge in [0.15, 0.2) is 22.4 Å². The number of anilines is 1. The van der Waals surface area contributed by atoms with Crippen LogP contribution in [0.5, 0.6) is 5.75 Å². The van der Waals surface area contributed by atoms with Crippen LogP contribution in [0, 0.1) is 5.82 Å². The summed E-state index contributed by atoms with van der Waals surface area (Å²) in [6.07, 6.45) is -0.847. The molecule has 0 radical (unpaired) electrons. The van der Waals surface area contributed by atoms with E-state index in [9.17, 15) is 23.6 Å². The van der Waals surface area contributed by atoms with Crippen LogP contribution in [-0.4, -0.2) is 54.7 Å². The molecule has 11 nitrogen and oxygen atoms in total. The molecule has 3 amide bonds. The predicted molar refractivity (Wildman–Crippen MR) is 149 cm³/mol. The molecule has 1 aromatic heterocycles. The van der Waals surface area contributed by atoms with Crippen LogP contribution in [0.25, 0.3) is 0 Å². The summed E-state index contributed by atoms with van der Waals surface area (Å²) < 4.78 is 29.5. The number of methoxy groups -OCH3 is 2. The molecule has 0 aliphatic rings. The van der Waals surface area contributed by atoms with E-state index in [2.05, 4.69) is 25.7 Å². The van der Waals surface area contributed by atoms with Gasteiger partial charge in [-0.15, -0.1) is 11.3 Å². The highest BCUT2D eigenvalue weighted by Gasteiger charge is 2.31. The summed E-state index contributed by atoms with van der Waals surface area (Å²) >= 11 is 1.00. The van der Waals surface area contributed by atoms with Crippen molar-refractivity contribution in [2.75, 3.05) is 19.5 Å². The van der Waals surface area contributed by atoms with Crippen LogP contribution in [0.2, 0.25) is 0 Å². The minimum Gasteiger partial charge on any atom is -0.494 e. The van der Waals surface area contributed by atoms with E-state index >= 15 is 0 Å². The first-order valence-corrected chi connectivity index (χ1v) is 13.3. The summed E-state index contributed by atoms with van der Waals surface area (Å²) in [5.74, 6) is -2.91. The molecule has 3 aromatic rings. The number of nitrogens with zero attached hydrogens (tertiary/aromatic N) is 1. The van der Waals surface area contributed by atoms with Crippen molar-refractivity contribution in [2.24, 2.45) is 0 Å². The number of amides is 3. The molecule has 2 unspecified atom stereocenters. The average Bonchev–Trinajstić information content (AvgIpc) is 3.38. The van der Waals surface area contributed by atoms with Crippen molar-refractivity contribution in [3.63, 3.8) is 0 Å². The molecule has 218 valence electrons. The van der Waals surface area contributed by atoms with E-state index in [1.165, 1.54) is 31.7 Å². The third-order valence-electron chi connectivity index (χ3n) is 5.48. The molecule has 13 heteroatoms. The first kappa shape index (κ1) is 31.0. The number of halogens is 1. The Labute approximate surface area is 240 Å². The van der Waals surface area contributed by atoms with Gasteiger partial charge < -0.3 is 30.2 Å². The lowest BCUT2D eigenvalue weighted by Gasteiger charge is -2.25. The molecule has 0 bridgehead atoms. The monoisotopic (exact) mass is 586 g/mol. The van der Waals surface area contributed by atoms with E-state index in [4.69, 9.17) is 9.47 Å². The van der Waals surface area contributed by atoms with Gasteiger partial charge in [0.05, 0.1) is 14.2 Å². The average molecular weight is 587 g/mol. The smallest absolute Gasteiger partial charge is 0.408 e. The number of aromatic nitrogens is 1. The summed E-state index contributed by atoms with van der Waals surface area (Å²) in [7, 11) is 2.51. The lowest BCUT2D eigenvalue weighted by Crippen LogP contribution is -2.50. The third kappa shape index (κ3) is 9.00. The number of hydrogen-bond acceptors (Lipinski definition) is 9. The Morgan fingerprint density at radius 3 is 2.32 bits per heavy atom. The molecule has 0 fully saturated rings. The zero-order valence-corrected chi connectivity index (χ0v) is 24.0. The van der Waals surface area contributed by atoms with Gasteiger partial charge >= 0.3 is 12.1 Å². The quantitative estimate of drug-likeness (QED) is 0.302. The van der Waals surface area contributed by atoms with Crippen molar-refractivity contribution < 1.29 is 37.8 Å². The maximum atomic E-state index is 14.6. The molecular formula is C28H31FN4O7S. The van der Waals surface area contributed by atoms with E-state index in [-0.39, 0.29) is 28.6 Å². The predicted octanol–water partition coefficient (Wildman–Crippen LogP) is 4.01. The molecule has 0 saturated carbocycles. The molecule has 3 rings (SSSR count). The number of carbonyl (C=O) groups is 4. The molecule has 0 aliphatic heterocycles. The molecule has 0 aliphatic carbocycles. The number of carbonyl (C=O) groups excluding carboxylic acids is 4. The minimum absolute atomic E-state index is 0.0135. The van der Waals surface area contributed by atoms with Crippen LogP contribution >= 0.6 is 11.3 Å². The van der Waals surface area contributed by atoms with Gasteiger partial charge in [-0.3, -0.25) is 9.59 Å². The van der Waals surface area contributed by atoms with Gasteiger partial charge in [0.2, 0.25) is 11.8 Å². The maximum absolute atomic E-state index is 14.6. The first-order valence-electron chi connectivity index (χ1n) is 12.4. The second kappa shape index (κ2) is 13.7. The second-order valence-corrected chi connectivity index (χ2v) is 10.6. The van der Waals surface area contributed by atoms with Crippen molar-refractivity contribution in [3.8, 4) is 5.75 Å². The number of benzene rings is 2. The molecule has 3 N–H and O–H groups in total. The van der Waals surface area contributed by atoms with Gasteiger partial charge in [-0.2, -0.15) is 0 Å². The summed E-state index contributed by atoms with van der Waals surface area (Å²) in [6.45, 7) is 4.96. The van der Waals surface area contributed by atoms with Crippen LogP contribution in [0.1, 0.15) is 48.4 Å². The number of ether oxygens (including phenoxy) is 3. The van der Waals surface area contributed by atoms with Crippen molar-refractivity contribution >= 4 is 40.3 Å². The number of hydrogen-bond donors (Lipinski definition) is 3. The highest BCUT2D eigenvalue weighted by atomic mass is 32.1. The number of nitrogens with one attached hydrogen (secondary N) is 3. The number of rotatable bonds is 10. The van der Waals surface area contributed by atoms with Crippen molar-refractivity contribution in [2.45, 2.75) is 44.9 Å². The summed E-state index contributed by atoms with van der Waals surface area (Å²) in [4.78, 5) is 55.4. The standard InChI is InChI=1S/C28H31FN4O7S/c1-28(2,3)40-27(37)32-22(17-11-12-21(38-4)18(29)14-17)24(35)30-19(13-16-9-7-6-8-10-16)23(34)33-26-31-20(15-41-26)25(36)39-5/h6-12,14-15,19,22H,13H2,1-5H3,(H,30,35)(H,32,37)(H,31,33,34). The number of esters is 1. The summed E-state index contributed by atoms with van der Waals surface area (Å²) in [5, 5.41) is 9.25. The maximum Gasteiger partial charge on any atom is 0.408 e. The largest absolute Gasteiger partial charge is 0.494 e. The molecular weight excluding hydrogens is 555 g/mol. The number of thiazole rings is 1. The Morgan fingerprint density at radius 2 is 1.71 bits per heavy atom. The number of alkyl carbamates (subject to hydrolysis) is 1. The van der Waals surface area contributed by atoms with Crippen molar-refractivity contribution in [3.05, 3.63) is 76.5 Å². The highest BCUT2D eigenvalue weighted by Crippen LogP contribution is 2.23. The van der Waals surface area contributed by atoms with E-state index in [0.29, 0.717) is 0 Å². The minimum atomic E-state index is -1.43. The Bertz CT molecular complexity index is 1390. The topological polar surface area (TPSA) is 145 Å². The highest BCUT2D eigenvalue weighted by molar-refractivity contribution is 7.14. The SMILES string of the molecule is COC(=O)c1csc(NC(=O)C(Cc2ccccc2)NC(=O)C(NC(=O)OC(C)(C)C)c2ccc(OC)c(F)c2)n1. The Morgan fingerprint density at radius 1 is 1.00 bits per heavy atom. The van der Waals surface area contributed by atoms with Crippen LogP contribution in [0.3, 0.4) is 0 Å². The van der Waals surface area contributed by atoms with Crippen LogP contribution in [0.15, 0.2) is 53.9 Å². The summed E-state index contributed by atoms with van der Waals surface area (Å²) in [5.41, 5.74) is -0.0368. The fourth-order valence-electron chi connectivity index (χ4n) is 3.62. The van der Waals surface area contributed by atoms with E-state index in [1.807, 2.05) is 0 Å². The van der Waals surface area contributed by atoms with Crippen LogP contribution in [0.4, 0.5) is 14.3 Å². The summed E-state index contributed by atoms with van der Waals surface area (Å²) in [6, 6.07) is 10.1.